The van der Waals surface area contributed by atoms with Gasteiger partial charge in [0.25, 0.3) is 5.24 Å². The molecule has 1 N–H and O–H groups in total. The molecule has 4 nitrogen and oxygen atoms in total. The van der Waals surface area contributed by atoms with Gasteiger partial charge in [-0.1, -0.05) is 48.0 Å². The second-order valence-electron chi connectivity index (χ2n) is 5.55. The molecule has 130 valence electrons. The summed E-state index contributed by atoms with van der Waals surface area (Å²) in [5.41, 5.74) is 2.09. The summed E-state index contributed by atoms with van der Waals surface area (Å²) in [5.74, 6) is 0.951. The van der Waals surface area contributed by atoms with E-state index in [1.165, 1.54) is 0 Å². The van der Waals surface area contributed by atoms with Crippen LogP contribution in [0.25, 0.3) is 0 Å². The Morgan fingerprint density at radius 3 is 2.56 bits per heavy atom. The highest BCUT2D eigenvalue weighted by Gasteiger charge is 2.31. The van der Waals surface area contributed by atoms with Crippen LogP contribution in [0, 0.1) is 0 Å². The fraction of sp³-hybridized carbons (Fsp3) is 0.222. The van der Waals surface area contributed by atoms with E-state index >= 15 is 0 Å². The predicted molar refractivity (Wildman–Crippen MR) is 101 cm³/mol. The van der Waals surface area contributed by atoms with E-state index in [1.807, 2.05) is 25.1 Å². The maximum Gasteiger partial charge on any atom is 0.286 e. The number of benzene rings is 2. The van der Waals surface area contributed by atoms with Gasteiger partial charge in [-0.3, -0.25) is 14.9 Å². The highest BCUT2D eigenvalue weighted by Crippen LogP contribution is 2.33. The van der Waals surface area contributed by atoms with Crippen molar-refractivity contribution < 1.29 is 14.3 Å². The largest absolute Gasteiger partial charge is 0.456 e. The highest BCUT2D eigenvalue weighted by molar-refractivity contribution is 8.15. The standard InChI is InChI=1S/C18H15Cl2NO3S/c1-2-10-7-13(24-15-6-4-12(19)9-14(15)20)5-3-11(10)8-16-17(22)21-18(23)25-16/h3-7,9,16H,2,8H2,1H3,(H,21,22,23). The van der Waals surface area contributed by atoms with Crippen molar-refractivity contribution >= 4 is 46.1 Å². The number of ether oxygens (including phenoxy) is 1. The quantitative estimate of drug-likeness (QED) is 0.751. The topological polar surface area (TPSA) is 55.4 Å². The minimum atomic E-state index is -0.379. The molecule has 0 spiro atoms. The van der Waals surface area contributed by atoms with Crippen molar-refractivity contribution in [2.45, 2.75) is 25.0 Å². The maximum atomic E-state index is 11.8. The van der Waals surface area contributed by atoms with Gasteiger partial charge in [-0.05, 0) is 54.3 Å². The number of carbonyl (C=O) groups excluding carboxylic acids is 2. The molecule has 1 aliphatic heterocycles. The molecule has 1 aliphatic rings. The van der Waals surface area contributed by atoms with Gasteiger partial charge < -0.3 is 4.74 Å². The van der Waals surface area contributed by atoms with Gasteiger partial charge in [0.1, 0.15) is 11.5 Å². The molecule has 1 atom stereocenters. The van der Waals surface area contributed by atoms with E-state index in [-0.39, 0.29) is 16.4 Å². The maximum absolute atomic E-state index is 11.8. The van der Waals surface area contributed by atoms with E-state index in [1.54, 1.807) is 18.2 Å². The number of halogens is 2. The minimum absolute atomic E-state index is 0.231. The van der Waals surface area contributed by atoms with Gasteiger partial charge in [-0.25, -0.2) is 0 Å². The number of aryl methyl sites for hydroxylation is 1. The molecule has 2 aromatic carbocycles. The van der Waals surface area contributed by atoms with Gasteiger partial charge in [0.15, 0.2) is 0 Å². The van der Waals surface area contributed by atoms with Crippen LogP contribution in [0.5, 0.6) is 11.5 Å². The molecule has 0 aromatic heterocycles. The molecule has 2 aromatic rings. The second-order valence-corrected chi connectivity index (χ2v) is 7.57. The summed E-state index contributed by atoms with van der Waals surface area (Å²) in [4.78, 5) is 23.1. The summed E-state index contributed by atoms with van der Waals surface area (Å²) in [6, 6.07) is 10.7. The summed E-state index contributed by atoms with van der Waals surface area (Å²) in [6.07, 6.45) is 1.29. The Bertz CT molecular complexity index is 841. The number of rotatable bonds is 5. The first-order valence-electron chi connectivity index (χ1n) is 7.72. The highest BCUT2D eigenvalue weighted by atomic mass is 35.5. The van der Waals surface area contributed by atoms with Crippen molar-refractivity contribution in [2.75, 3.05) is 0 Å². The molecular weight excluding hydrogens is 381 g/mol. The summed E-state index contributed by atoms with van der Waals surface area (Å²) in [6.45, 7) is 2.03. The average molecular weight is 396 g/mol. The molecule has 3 rings (SSSR count). The van der Waals surface area contributed by atoms with Crippen molar-refractivity contribution in [1.82, 2.24) is 5.32 Å². The molecule has 1 saturated heterocycles. The minimum Gasteiger partial charge on any atom is -0.456 e. The van der Waals surface area contributed by atoms with Crippen LogP contribution in [0.1, 0.15) is 18.1 Å². The molecule has 1 heterocycles. The van der Waals surface area contributed by atoms with Gasteiger partial charge in [0.05, 0.1) is 10.3 Å². The molecule has 0 radical (unpaired) electrons. The molecule has 1 fully saturated rings. The Kier molecular flexibility index (Phi) is 5.57. The summed E-state index contributed by atoms with van der Waals surface area (Å²) in [7, 11) is 0. The normalized spacial score (nSPS) is 16.8. The van der Waals surface area contributed by atoms with Crippen molar-refractivity contribution in [1.29, 1.82) is 0 Å². The van der Waals surface area contributed by atoms with E-state index in [9.17, 15) is 9.59 Å². The number of nitrogens with one attached hydrogen (secondary N) is 1. The molecule has 0 aliphatic carbocycles. The predicted octanol–water partition coefficient (Wildman–Crippen LogP) is 5.24. The van der Waals surface area contributed by atoms with E-state index in [0.29, 0.717) is 28.0 Å². The van der Waals surface area contributed by atoms with Crippen LogP contribution in [0.2, 0.25) is 10.0 Å². The zero-order chi connectivity index (χ0) is 18.0. The SMILES string of the molecule is CCc1cc(Oc2ccc(Cl)cc2Cl)ccc1CC1SC(=O)NC1=O. The lowest BCUT2D eigenvalue weighted by Gasteiger charge is -2.13. The van der Waals surface area contributed by atoms with Crippen LogP contribution >= 0.6 is 35.0 Å². The Labute approximate surface area is 159 Å². The summed E-state index contributed by atoms with van der Waals surface area (Å²) < 4.78 is 5.84. The Morgan fingerprint density at radius 1 is 1.12 bits per heavy atom. The van der Waals surface area contributed by atoms with Crippen LogP contribution in [0.15, 0.2) is 36.4 Å². The molecular formula is C18H15Cl2NO3S. The zero-order valence-electron chi connectivity index (χ0n) is 13.3. The fourth-order valence-electron chi connectivity index (χ4n) is 2.61. The zero-order valence-corrected chi connectivity index (χ0v) is 15.7. The Hall–Kier alpha value is -1.69. The van der Waals surface area contributed by atoms with Crippen molar-refractivity contribution in [3.05, 3.63) is 57.6 Å². The number of hydrogen-bond donors (Lipinski definition) is 1. The average Bonchev–Trinajstić information content (AvgIpc) is 2.89. The number of imide groups is 1. The van der Waals surface area contributed by atoms with Crippen molar-refractivity contribution in [3.63, 3.8) is 0 Å². The first kappa shape index (κ1) is 18.1. The van der Waals surface area contributed by atoms with Crippen LogP contribution in [0.4, 0.5) is 4.79 Å². The van der Waals surface area contributed by atoms with Gasteiger partial charge in [-0.15, -0.1) is 0 Å². The third kappa shape index (κ3) is 4.29. The first-order valence-corrected chi connectivity index (χ1v) is 9.36. The monoisotopic (exact) mass is 395 g/mol. The van der Waals surface area contributed by atoms with Crippen LogP contribution < -0.4 is 10.1 Å². The number of thioether (sulfide) groups is 1. The second kappa shape index (κ2) is 7.68. The van der Waals surface area contributed by atoms with Crippen LogP contribution in [-0.4, -0.2) is 16.4 Å². The Morgan fingerprint density at radius 2 is 1.92 bits per heavy atom. The summed E-state index contributed by atoms with van der Waals surface area (Å²) >= 11 is 13.1. The lowest BCUT2D eigenvalue weighted by atomic mass is 10.00. The van der Waals surface area contributed by atoms with Gasteiger partial charge >= 0.3 is 0 Å². The molecule has 2 amide bonds. The summed E-state index contributed by atoms with van der Waals surface area (Å²) in [5, 5.41) is 2.63. The van der Waals surface area contributed by atoms with Crippen LogP contribution in [-0.2, 0) is 17.6 Å². The van der Waals surface area contributed by atoms with Crippen molar-refractivity contribution in [3.8, 4) is 11.5 Å². The number of carbonyl (C=O) groups is 2. The van der Waals surface area contributed by atoms with Gasteiger partial charge in [-0.2, -0.15) is 0 Å². The van der Waals surface area contributed by atoms with Crippen molar-refractivity contribution in [2.24, 2.45) is 0 Å². The molecule has 7 heteroatoms. The van der Waals surface area contributed by atoms with E-state index in [0.717, 1.165) is 29.3 Å². The smallest absolute Gasteiger partial charge is 0.286 e. The number of hydrogen-bond acceptors (Lipinski definition) is 4. The lowest BCUT2D eigenvalue weighted by molar-refractivity contribution is -0.118. The molecule has 25 heavy (non-hydrogen) atoms. The van der Waals surface area contributed by atoms with E-state index < -0.39 is 0 Å². The van der Waals surface area contributed by atoms with E-state index in [2.05, 4.69) is 5.32 Å². The van der Waals surface area contributed by atoms with Crippen LogP contribution in [0.3, 0.4) is 0 Å². The van der Waals surface area contributed by atoms with E-state index in [4.69, 9.17) is 27.9 Å². The lowest BCUT2D eigenvalue weighted by Crippen LogP contribution is -2.25. The fourth-order valence-corrected chi connectivity index (χ4v) is 3.90. The third-order valence-corrected chi connectivity index (χ3v) is 5.36. The van der Waals surface area contributed by atoms with Gasteiger partial charge in [0.2, 0.25) is 5.91 Å². The molecule has 1 unspecified atom stereocenters. The first-order chi connectivity index (χ1) is 12.0. The third-order valence-electron chi connectivity index (χ3n) is 3.85. The molecule has 0 bridgehead atoms. The van der Waals surface area contributed by atoms with Gasteiger partial charge in [0, 0.05) is 5.02 Å². The molecule has 0 saturated carbocycles. The number of amides is 2. The Balaban J connectivity index is 1.79.